The SMILES string of the molecule is C[C@H]1C[C@H](Nc2cccc(NC(=O)c3ccccc3)c2)C(=O)O1. The van der Waals surface area contributed by atoms with Crippen molar-refractivity contribution in [3.8, 4) is 0 Å². The Morgan fingerprint density at radius 3 is 2.52 bits per heavy atom. The van der Waals surface area contributed by atoms with Crippen molar-refractivity contribution in [2.24, 2.45) is 0 Å². The molecule has 5 heteroatoms. The summed E-state index contributed by atoms with van der Waals surface area (Å²) < 4.78 is 5.13. The number of anilines is 2. The number of nitrogens with one attached hydrogen (secondary N) is 2. The van der Waals surface area contributed by atoms with E-state index in [1.165, 1.54) is 0 Å². The Morgan fingerprint density at radius 2 is 1.83 bits per heavy atom. The molecule has 1 saturated heterocycles. The summed E-state index contributed by atoms with van der Waals surface area (Å²) >= 11 is 0. The van der Waals surface area contributed by atoms with Gasteiger partial charge in [0.15, 0.2) is 0 Å². The highest BCUT2D eigenvalue weighted by Crippen LogP contribution is 2.21. The lowest BCUT2D eigenvalue weighted by Crippen LogP contribution is -2.24. The number of carbonyl (C=O) groups is 2. The van der Waals surface area contributed by atoms with Crippen molar-refractivity contribution in [1.82, 2.24) is 0 Å². The Kier molecular flexibility index (Phi) is 4.28. The van der Waals surface area contributed by atoms with Gasteiger partial charge >= 0.3 is 5.97 Å². The van der Waals surface area contributed by atoms with Crippen LogP contribution in [0.25, 0.3) is 0 Å². The largest absolute Gasteiger partial charge is 0.461 e. The third-order valence-electron chi connectivity index (χ3n) is 3.67. The molecule has 1 aliphatic rings. The number of amides is 1. The van der Waals surface area contributed by atoms with E-state index >= 15 is 0 Å². The van der Waals surface area contributed by atoms with Gasteiger partial charge < -0.3 is 15.4 Å². The molecule has 0 aliphatic carbocycles. The molecule has 0 spiro atoms. The summed E-state index contributed by atoms with van der Waals surface area (Å²) in [5, 5.41) is 6.00. The molecule has 0 saturated carbocycles. The first-order valence-electron chi connectivity index (χ1n) is 7.55. The van der Waals surface area contributed by atoms with Gasteiger partial charge in [0.05, 0.1) is 0 Å². The van der Waals surface area contributed by atoms with Crippen LogP contribution in [0.15, 0.2) is 54.6 Å². The van der Waals surface area contributed by atoms with Gasteiger partial charge in [-0.3, -0.25) is 4.79 Å². The van der Waals surface area contributed by atoms with Crippen LogP contribution in [0.4, 0.5) is 11.4 Å². The fourth-order valence-electron chi connectivity index (χ4n) is 2.56. The van der Waals surface area contributed by atoms with Crippen LogP contribution in [-0.2, 0) is 9.53 Å². The van der Waals surface area contributed by atoms with E-state index in [0.29, 0.717) is 17.7 Å². The van der Waals surface area contributed by atoms with Crippen LogP contribution in [-0.4, -0.2) is 24.0 Å². The average Bonchev–Trinajstić information content (AvgIpc) is 2.86. The first kappa shape index (κ1) is 15.1. The molecule has 23 heavy (non-hydrogen) atoms. The van der Waals surface area contributed by atoms with Crippen molar-refractivity contribution < 1.29 is 14.3 Å². The highest BCUT2D eigenvalue weighted by Gasteiger charge is 2.31. The van der Waals surface area contributed by atoms with Gasteiger partial charge in [-0.25, -0.2) is 4.79 Å². The fraction of sp³-hybridized carbons (Fsp3) is 0.222. The number of benzene rings is 2. The molecule has 1 amide bonds. The molecule has 2 aromatic rings. The average molecular weight is 310 g/mol. The number of hydrogen-bond donors (Lipinski definition) is 2. The second-order valence-corrected chi connectivity index (χ2v) is 5.58. The third-order valence-corrected chi connectivity index (χ3v) is 3.67. The van der Waals surface area contributed by atoms with Gasteiger partial charge in [0.1, 0.15) is 12.1 Å². The Balaban J connectivity index is 1.68. The standard InChI is InChI=1S/C18H18N2O3/c1-12-10-16(18(22)23-12)19-14-8-5-9-15(11-14)20-17(21)13-6-3-2-4-7-13/h2-9,11-12,16,19H,10H2,1H3,(H,20,21)/t12-,16-/m0/s1. The van der Waals surface area contributed by atoms with Gasteiger partial charge in [-0.1, -0.05) is 24.3 Å². The highest BCUT2D eigenvalue weighted by molar-refractivity contribution is 6.04. The van der Waals surface area contributed by atoms with E-state index in [9.17, 15) is 9.59 Å². The maximum atomic E-state index is 12.2. The van der Waals surface area contributed by atoms with Crippen molar-refractivity contribution in [2.75, 3.05) is 10.6 Å². The molecular weight excluding hydrogens is 292 g/mol. The highest BCUT2D eigenvalue weighted by atomic mass is 16.6. The molecule has 2 aromatic carbocycles. The normalized spacial score (nSPS) is 20.0. The maximum absolute atomic E-state index is 12.2. The van der Waals surface area contributed by atoms with E-state index in [1.807, 2.05) is 43.3 Å². The molecule has 0 bridgehead atoms. The van der Waals surface area contributed by atoms with Crippen LogP contribution >= 0.6 is 0 Å². The Bertz CT molecular complexity index is 715. The zero-order valence-electron chi connectivity index (χ0n) is 12.8. The number of cyclic esters (lactones) is 1. The fourth-order valence-corrected chi connectivity index (χ4v) is 2.56. The second-order valence-electron chi connectivity index (χ2n) is 5.58. The molecule has 1 heterocycles. The monoisotopic (exact) mass is 310 g/mol. The van der Waals surface area contributed by atoms with Gasteiger partial charge in [0.25, 0.3) is 5.91 Å². The minimum absolute atomic E-state index is 0.0685. The third kappa shape index (κ3) is 3.69. The van der Waals surface area contributed by atoms with Crippen molar-refractivity contribution >= 4 is 23.3 Å². The maximum Gasteiger partial charge on any atom is 0.328 e. The molecular formula is C18H18N2O3. The predicted molar refractivity (Wildman–Crippen MR) is 88.4 cm³/mol. The zero-order chi connectivity index (χ0) is 16.2. The molecule has 1 fully saturated rings. The van der Waals surface area contributed by atoms with Crippen LogP contribution in [0.3, 0.4) is 0 Å². The number of hydrogen-bond acceptors (Lipinski definition) is 4. The minimum atomic E-state index is -0.343. The molecule has 0 radical (unpaired) electrons. The topological polar surface area (TPSA) is 67.4 Å². The van der Waals surface area contributed by atoms with Crippen molar-refractivity contribution in [1.29, 1.82) is 0 Å². The predicted octanol–water partition coefficient (Wildman–Crippen LogP) is 3.05. The van der Waals surface area contributed by atoms with Gasteiger partial charge in [-0.2, -0.15) is 0 Å². The Hall–Kier alpha value is -2.82. The summed E-state index contributed by atoms with van der Waals surface area (Å²) in [4.78, 5) is 23.8. The summed E-state index contributed by atoms with van der Waals surface area (Å²) in [5.74, 6) is -0.409. The zero-order valence-corrected chi connectivity index (χ0v) is 12.8. The Labute approximate surface area is 134 Å². The van der Waals surface area contributed by atoms with E-state index in [1.54, 1.807) is 18.2 Å². The van der Waals surface area contributed by atoms with Crippen molar-refractivity contribution in [3.05, 3.63) is 60.2 Å². The summed E-state index contributed by atoms with van der Waals surface area (Å²) in [6, 6.07) is 16.0. The van der Waals surface area contributed by atoms with Crippen LogP contribution in [0.1, 0.15) is 23.7 Å². The van der Waals surface area contributed by atoms with Crippen molar-refractivity contribution in [2.45, 2.75) is 25.5 Å². The molecule has 2 atom stereocenters. The van der Waals surface area contributed by atoms with E-state index in [2.05, 4.69) is 10.6 Å². The van der Waals surface area contributed by atoms with E-state index in [-0.39, 0.29) is 24.0 Å². The molecule has 2 N–H and O–H groups in total. The molecule has 0 unspecified atom stereocenters. The number of esters is 1. The van der Waals surface area contributed by atoms with Gasteiger partial charge in [-0.05, 0) is 37.3 Å². The van der Waals surface area contributed by atoms with Crippen LogP contribution in [0.5, 0.6) is 0 Å². The molecule has 3 rings (SSSR count). The van der Waals surface area contributed by atoms with Gasteiger partial charge in [-0.15, -0.1) is 0 Å². The van der Waals surface area contributed by atoms with Crippen LogP contribution in [0.2, 0.25) is 0 Å². The van der Waals surface area contributed by atoms with Crippen LogP contribution in [0, 0.1) is 0 Å². The number of ether oxygens (including phenoxy) is 1. The summed E-state index contributed by atoms with van der Waals surface area (Å²) in [6.45, 7) is 1.87. The summed E-state index contributed by atoms with van der Waals surface area (Å²) in [5.41, 5.74) is 2.04. The summed E-state index contributed by atoms with van der Waals surface area (Å²) in [6.07, 6.45) is 0.570. The van der Waals surface area contributed by atoms with Gasteiger partial charge in [0, 0.05) is 23.4 Å². The van der Waals surface area contributed by atoms with E-state index in [4.69, 9.17) is 4.74 Å². The molecule has 0 aromatic heterocycles. The quantitative estimate of drug-likeness (QED) is 0.852. The molecule has 5 nitrogen and oxygen atoms in total. The van der Waals surface area contributed by atoms with E-state index in [0.717, 1.165) is 5.69 Å². The first-order chi connectivity index (χ1) is 11.1. The minimum Gasteiger partial charge on any atom is -0.461 e. The summed E-state index contributed by atoms with van der Waals surface area (Å²) in [7, 11) is 0. The lowest BCUT2D eigenvalue weighted by Gasteiger charge is -2.12. The smallest absolute Gasteiger partial charge is 0.328 e. The van der Waals surface area contributed by atoms with E-state index < -0.39 is 0 Å². The lowest BCUT2D eigenvalue weighted by molar-refractivity contribution is -0.141. The first-order valence-corrected chi connectivity index (χ1v) is 7.55. The Morgan fingerprint density at radius 1 is 1.09 bits per heavy atom. The second kappa shape index (κ2) is 6.52. The van der Waals surface area contributed by atoms with Gasteiger partial charge in [0.2, 0.25) is 0 Å². The van der Waals surface area contributed by atoms with Crippen molar-refractivity contribution in [3.63, 3.8) is 0 Å². The number of rotatable bonds is 4. The number of carbonyl (C=O) groups excluding carboxylic acids is 2. The molecule has 1 aliphatic heterocycles. The van der Waals surface area contributed by atoms with Crippen LogP contribution < -0.4 is 10.6 Å². The molecule has 118 valence electrons. The lowest BCUT2D eigenvalue weighted by atomic mass is 10.1.